The van der Waals surface area contributed by atoms with Crippen LogP contribution in [0.5, 0.6) is 0 Å². The first kappa shape index (κ1) is 16.2. The predicted molar refractivity (Wildman–Crippen MR) is 91.4 cm³/mol. The molecule has 1 aromatic heterocycles. The largest absolute Gasteiger partial charge is 0.369 e. The highest BCUT2D eigenvalue weighted by Crippen LogP contribution is 2.18. The van der Waals surface area contributed by atoms with Crippen LogP contribution in [0, 0.1) is 12.8 Å². The van der Waals surface area contributed by atoms with Gasteiger partial charge in [-0.15, -0.1) is 0 Å². The first-order chi connectivity index (χ1) is 11.5. The number of nitrogens with zero attached hydrogens (tertiary/aromatic N) is 2. The standard InChI is InChI=1S/C18H21N3O3/c1-12-2-3-15-14(10-12)16(22)6-9-21(15)11-17(23)20-7-4-13(5-8-20)18(19)24/h2-3,6,9-10,13H,4-5,7-8,11H2,1H3,(H2,19,24). The summed E-state index contributed by atoms with van der Waals surface area (Å²) in [7, 11) is 0. The Morgan fingerprint density at radius 1 is 1.21 bits per heavy atom. The molecular formula is C18H21N3O3. The monoisotopic (exact) mass is 327 g/mol. The molecule has 6 heteroatoms. The average molecular weight is 327 g/mol. The Bertz CT molecular complexity index is 848. The molecule has 126 valence electrons. The Morgan fingerprint density at radius 3 is 2.58 bits per heavy atom. The fourth-order valence-corrected chi connectivity index (χ4v) is 3.22. The molecule has 0 aliphatic carbocycles. The van der Waals surface area contributed by atoms with Gasteiger partial charge >= 0.3 is 0 Å². The molecule has 2 aromatic rings. The Balaban J connectivity index is 1.78. The van der Waals surface area contributed by atoms with Gasteiger partial charge < -0.3 is 15.2 Å². The number of carbonyl (C=O) groups excluding carboxylic acids is 2. The van der Waals surface area contributed by atoms with Crippen LogP contribution >= 0.6 is 0 Å². The summed E-state index contributed by atoms with van der Waals surface area (Å²) in [5, 5.41) is 0.623. The molecule has 0 bridgehead atoms. The van der Waals surface area contributed by atoms with Gasteiger partial charge in [0.1, 0.15) is 6.54 Å². The highest BCUT2D eigenvalue weighted by atomic mass is 16.2. The van der Waals surface area contributed by atoms with E-state index in [1.165, 1.54) is 6.07 Å². The zero-order valence-electron chi connectivity index (χ0n) is 13.7. The summed E-state index contributed by atoms with van der Waals surface area (Å²) in [5.74, 6) is -0.433. The van der Waals surface area contributed by atoms with Gasteiger partial charge in [-0.2, -0.15) is 0 Å². The average Bonchev–Trinajstić information content (AvgIpc) is 2.57. The maximum Gasteiger partial charge on any atom is 0.242 e. The molecule has 6 nitrogen and oxygen atoms in total. The first-order valence-electron chi connectivity index (χ1n) is 8.12. The number of rotatable bonds is 3. The third kappa shape index (κ3) is 3.18. The zero-order chi connectivity index (χ0) is 17.3. The summed E-state index contributed by atoms with van der Waals surface area (Å²) in [5.41, 5.74) is 7.05. The number of aromatic nitrogens is 1. The molecule has 0 unspecified atom stereocenters. The SMILES string of the molecule is Cc1ccc2c(c1)c(=O)ccn2CC(=O)N1CCC(C(N)=O)CC1. The lowest BCUT2D eigenvalue weighted by Crippen LogP contribution is -2.43. The molecule has 2 N–H and O–H groups in total. The number of nitrogens with two attached hydrogens (primary N) is 1. The molecule has 24 heavy (non-hydrogen) atoms. The van der Waals surface area contributed by atoms with Gasteiger partial charge in [0, 0.05) is 36.7 Å². The number of hydrogen-bond acceptors (Lipinski definition) is 3. The number of primary amides is 1. The minimum absolute atomic E-state index is 0.0107. The quantitative estimate of drug-likeness (QED) is 0.914. The van der Waals surface area contributed by atoms with Gasteiger partial charge in [-0.1, -0.05) is 11.6 Å². The lowest BCUT2D eigenvalue weighted by molar-refractivity contribution is -0.135. The van der Waals surface area contributed by atoms with Crippen LogP contribution in [0.1, 0.15) is 18.4 Å². The molecule has 1 fully saturated rings. The Morgan fingerprint density at radius 2 is 1.92 bits per heavy atom. The number of pyridine rings is 1. The molecular weight excluding hydrogens is 306 g/mol. The number of fused-ring (bicyclic) bond motifs is 1. The molecule has 3 rings (SSSR count). The van der Waals surface area contributed by atoms with Gasteiger partial charge in [-0.05, 0) is 31.9 Å². The van der Waals surface area contributed by atoms with Gasteiger partial charge in [0.2, 0.25) is 11.8 Å². The summed E-state index contributed by atoms with van der Waals surface area (Å²) in [6.07, 6.45) is 2.89. The van der Waals surface area contributed by atoms with E-state index in [-0.39, 0.29) is 29.7 Å². The number of piperidine rings is 1. The first-order valence-corrected chi connectivity index (χ1v) is 8.12. The van der Waals surface area contributed by atoms with E-state index >= 15 is 0 Å². The topological polar surface area (TPSA) is 85.4 Å². The van der Waals surface area contributed by atoms with Crippen LogP contribution in [0.4, 0.5) is 0 Å². The number of hydrogen-bond donors (Lipinski definition) is 1. The predicted octanol–water partition coefficient (Wildman–Crippen LogP) is 1.03. The fraction of sp³-hybridized carbons (Fsp3) is 0.389. The van der Waals surface area contributed by atoms with Crippen molar-refractivity contribution in [2.45, 2.75) is 26.3 Å². The van der Waals surface area contributed by atoms with Crippen LogP contribution < -0.4 is 11.2 Å². The van der Waals surface area contributed by atoms with Crippen molar-refractivity contribution >= 4 is 22.7 Å². The Kier molecular flexibility index (Phi) is 4.38. The third-order valence-electron chi connectivity index (χ3n) is 4.69. The third-order valence-corrected chi connectivity index (χ3v) is 4.69. The maximum atomic E-state index is 12.6. The molecule has 0 radical (unpaired) electrons. The summed E-state index contributed by atoms with van der Waals surface area (Å²) in [4.78, 5) is 37.5. The number of benzene rings is 1. The summed E-state index contributed by atoms with van der Waals surface area (Å²) < 4.78 is 1.80. The van der Waals surface area contributed by atoms with Gasteiger partial charge in [-0.3, -0.25) is 14.4 Å². The van der Waals surface area contributed by atoms with E-state index in [0.717, 1.165) is 11.1 Å². The highest BCUT2D eigenvalue weighted by Gasteiger charge is 2.25. The fourth-order valence-electron chi connectivity index (χ4n) is 3.22. The summed E-state index contributed by atoms with van der Waals surface area (Å²) in [6, 6.07) is 7.14. The smallest absolute Gasteiger partial charge is 0.242 e. The van der Waals surface area contributed by atoms with E-state index < -0.39 is 0 Å². The van der Waals surface area contributed by atoms with Crippen molar-refractivity contribution in [1.82, 2.24) is 9.47 Å². The second kappa shape index (κ2) is 6.47. The molecule has 2 heterocycles. The van der Waals surface area contributed by atoms with E-state index in [2.05, 4.69) is 0 Å². The van der Waals surface area contributed by atoms with Gasteiger partial charge in [0.05, 0.1) is 5.52 Å². The minimum Gasteiger partial charge on any atom is -0.369 e. The van der Waals surface area contributed by atoms with Crippen LogP contribution in [0.15, 0.2) is 35.3 Å². The number of carbonyl (C=O) groups is 2. The molecule has 0 spiro atoms. The van der Waals surface area contributed by atoms with Crippen molar-refractivity contribution in [2.75, 3.05) is 13.1 Å². The van der Waals surface area contributed by atoms with Crippen molar-refractivity contribution in [3.63, 3.8) is 0 Å². The van der Waals surface area contributed by atoms with Crippen molar-refractivity contribution < 1.29 is 9.59 Å². The molecule has 1 aliphatic heterocycles. The van der Waals surface area contributed by atoms with Crippen LogP contribution in [-0.4, -0.2) is 34.4 Å². The molecule has 0 atom stereocenters. The van der Waals surface area contributed by atoms with Crippen molar-refractivity contribution in [1.29, 1.82) is 0 Å². The highest BCUT2D eigenvalue weighted by molar-refractivity contribution is 5.83. The lowest BCUT2D eigenvalue weighted by Gasteiger charge is -2.31. The minimum atomic E-state index is -0.288. The second-order valence-corrected chi connectivity index (χ2v) is 6.39. The van der Waals surface area contributed by atoms with Crippen molar-refractivity contribution in [3.05, 3.63) is 46.2 Å². The van der Waals surface area contributed by atoms with Gasteiger partial charge in [0.15, 0.2) is 5.43 Å². The number of aryl methyl sites for hydroxylation is 1. The van der Waals surface area contributed by atoms with E-state index in [1.54, 1.807) is 15.7 Å². The van der Waals surface area contributed by atoms with Crippen LogP contribution in [-0.2, 0) is 16.1 Å². The van der Waals surface area contributed by atoms with Crippen LogP contribution in [0.2, 0.25) is 0 Å². The van der Waals surface area contributed by atoms with Crippen molar-refractivity contribution in [3.8, 4) is 0 Å². The summed E-state index contributed by atoms with van der Waals surface area (Å²) in [6.45, 7) is 3.21. The number of likely N-dealkylation sites (tertiary alicyclic amines) is 1. The van der Waals surface area contributed by atoms with E-state index in [9.17, 15) is 14.4 Å². The lowest BCUT2D eigenvalue weighted by atomic mass is 9.96. The normalized spacial score (nSPS) is 15.6. The Hall–Kier alpha value is -2.63. The van der Waals surface area contributed by atoms with E-state index in [0.29, 0.717) is 31.3 Å². The maximum absolute atomic E-state index is 12.6. The van der Waals surface area contributed by atoms with Gasteiger partial charge in [-0.25, -0.2) is 0 Å². The Labute approximate surface area is 139 Å². The molecule has 1 aromatic carbocycles. The second-order valence-electron chi connectivity index (χ2n) is 6.39. The van der Waals surface area contributed by atoms with Crippen molar-refractivity contribution in [2.24, 2.45) is 11.7 Å². The van der Waals surface area contributed by atoms with Crippen LogP contribution in [0.3, 0.4) is 0 Å². The molecule has 1 saturated heterocycles. The molecule has 2 amide bonds. The van der Waals surface area contributed by atoms with Crippen LogP contribution in [0.25, 0.3) is 10.9 Å². The van der Waals surface area contributed by atoms with E-state index in [1.807, 2.05) is 25.1 Å². The van der Waals surface area contributed by atoms with Gasteiger partial charge in [0.25, 0.3) is 0 Å². The zero-order valence-corrected chi connectivity index (χ0v) is 13.7. The molecule has 1 aliphatic rings. The summed E-state index contributed by atoms with van der Waals surface area (Å²) >= 11 is 0. The molecule has 0 saturated carbocycles. The number of amides is 2. The van der Waals surface area contributed by atoms with E-state index in [4.69, 9.17) is 5.73 Å².